The fourth-order valence-electron chi connectivity index (χ4n) is 4.36. The molecule has 142 valence electrons. The summed E-state index contributed by atoms with van der Waals surface area (Å²) in [5.74, 6) is 0.508. The topological polar surface area (TPSA) is 101 Å². The predicted octanol–water partition coefficient (Wildman–Crippen LogP) is 2.20. The predicted molar refractivity (Wildman–Crippen MR) is 107 cm³/mol. The molecule has 2 aliphatic rings. The van der Waals surface area contributed by atoms with Gasteiger partial charge < -0.3 is 20.0 Å². The summed E-state index contributed by atoms with van der Waals surface area (Å²) < 4.78 is 7.67. The average Bonchev–Trinajstić information content (AvgIpc) is 3.10. The van der Waals surface area contributed by atoms with Crippen molar-refractivity contribution in [3.8, 4) is 11.1 Å². The van der Waals surface area contributed by atoms with Crippen molar-refractivity contribution in [2.45, 2.75) is 18.6 Å². The SMILES string of the molecule is Nc1ncnc2c1c(-c1cnc3[nH]ccc3c1)cn2[C@H]1CCN(C[C@@H]2CO2)C1. The number of hydrogen-bond acceptors (Lipinski definition) is 6. The van der Waals surface area contributed by atoms with Gasteiger partial charge in [-0.3, -0.25) is 4.90 Å². The molecule has 0 spiro atoms. The van der Waals surface area contributed by atoms with Crippen LogP contribution in [0.5, 0.6) is 0 Å². The standard InChI is InChI=1S/C20H21N7O/c21-18-17-16(13-5-12-1-3-22-19(12)23-6-13)9-27(20(17)25-11-24-18)14-2-4-26(7-14)8-15-10-28-15/h1,3,5-6,9,11,14-15H,2,4,7-8,10H2,(H,22,23)(H2,21,24,25)/t14-,15+/m0/s1. The Kier molecular flexibility index (Phi) is 3.44. The normalized spacial score (nSPS) is 22.4. The van der Waals surface area contributed by atoms with Crippen molar-refractivity contribution in [1.82, 2.24) is 29.4 Å². The Balaban J connectivity index is 1.45. The summed E-state index contributed by atoms with van der Waals surface area (Å²) >= 11 is 0. The molecule has 0 bridgehead atoms. The zero-order valence-corrected chi connectivity index (χ0v) is 15.4. The van der Waals surface area contributed by atoms with Gasteiger partial charge in [-0.15, -0.1) is 0 Å². The van der Waals surface area contributed by atoms with Crippen LogP contribution < -0.4 is 5.73 Å². The van der Waals surface area contributed by atoms with E-state index < -0.39 is 0 Å². The third-order valence-corrected chi connectivity index (χ3v) is 5.85. The molecule has 2 atom stereocenters. The first kappa shape index (κ1) is 16.0. The summed E-state index contributed by atoms with van der Waals surface area (Å²) in [5, 5.41) is 1.98. The average molecular weight is 375 g/mol. The fourth-order valence-corrected chi connectivity index (χ4v) is 4.36. The van der Waals surface area contributed by atoms with Gasteiger partial charge in [0.1, 0.15) is 23.4 Å². The van der Waals surface area contributed by atoms with Gasteiger partial charge in [0.25, 0.3) is 0 Å². The van der Waals surface area contributed by atoms with Crippen LogP contribution in [0.2, 0.25) is 0 Å². The molecule has 6 rings (SSSR count). The summed E-state index contributed by atoms with van der Waals surface area (Å²) in [6, 6.07) is 4.53. The largest absolute Gasteiger partial charge is 0.383 e. The van der Waals surface area contributed by atoms with Gasteiger partial charge in [-0.1, -0.05) is 0 Å². The number of rotatable bonds is 4. The zero-order chi connectivity index (χ0) is 18.7. The Morgan fingerprint density at radius 1 is 1.29 bits per heavy atom. The molecule has 0 aliphatic carbocycles. The highest BCUT2D eigenvalue weighted by atomic mass is 16.6. The molecule has 4 aromatic heterocycles. The lowest BCUT2D eigenvalue weighted by Gasteiger charge is -2.16. The second kappa shape index (κ2) is 6.02. The maximum absolute atomic E-state index is 6.28. The molecule has 8 nitrogen and oxygen atoms in total. The Bertz CT molecular complexity index is 1180. The maximum Gasteiger partial charge on any atom is 0.146 e. The zero-order valence-electron chi connectivity index (χ0n) is 15.4. The highest BCUT2D eigenvalue weighted by molar-refractivity contribution is 6.01. The Morgan fingerprint density at radius 2 is 2.21 bits per heavy atom. The van der Waals surface area contributed by atoms with E-state index in [-0.39, 0.29) is 0 Å². The van der Waals surface area contributed by atoms with Crippen molar-refractivity contribution in [3.63, 3.8) is 0 Å². The van der Waals surface area contributed by atoms with E-state index >= 15 is 0 Å². The van der Waals surface area contributed by atoms with E-state index in [1.165, 1.54) is 0 Å². The van der Waals surface area contributed by atoms with Crippen molar-refractivity contribution < 1.29 is 4.74 Å². The Labute approximate surface area is 161 Å². The monoisotopic (exact) mass is 375 g/mol. The second-order valence-corrected chi connectivity index (χ2v) is 7.70. The molecule has 2 fully saturated rings. The number of pyridine rings is 1. The lowest BCUT2D eigenvalue weighted by molar-refractivity contribution is 0.278. The van der Waals surface area contributed by atoms with Crippen LogP contribution in [-0.4, -0.2) is 61.7 Å². The molecule has 28 heavy (non-hydrogen) atoms. The quantitative estimate of drug-likeness (QED) is 0.530. The number of epoxide rings is 1. The van der Waals surface area contributed by atoms with Crippen molar-refractivity contribution in [3.05, 3.63) is 37.1 Å². The van der Waals surface area contributed by atoms with Crippen LogP contribution in [-0.2, 0) is 4.74 Å². The van der Waals surface area contributed by atoms with E-state index in [2.05, 4.69) is 41.7 Å². The minimum Gasteiger partial charge on any atom is -0.383 e. The van der Waals surface area contributed by atoms with E-state index in [1.807, 2.05) is 18.5 Å². The Hall–Kier alpha value is -2.97. The second-order valence-electron chi connectivity index (χ2n) is 7.70. The number of hydrogen-bond donors (Lipinski definition) is 2. The van der Waals surface area contributed by atoms with Gasteiger partial charge in [0.05, 0.1) is 18.1 Å². The van der Waals surface area contributed by atoms with Gasteiger partial charge in [0, 0.05) is 60.8 Å². The van der Waals surface area contributed by atoms with Gasteiger partial charge >= 0.3 is 0 Å². The molecular formula is C20H21N7O. The van der Waals surface area contributed by atoms with Crippen LogP contribution in [0.3, 0.4) is 0 Å². The minimum absolute atomic E-state index is 0.369. The summed E-state index contributed by atoms with van der Waals surface area (Å²) in [5.41, 5.74) is 10.1. The van der Waals surface area contributed by atoms with Crippen LogP contribution in [0.1, 0.15) is 12.5 Å². The van der Waals surface area contributed by atoms with Gasteiger partial charge in [-0.05, 0) is 18.6 Å². The number of H-pyrrole nitrogens is 1. The number of nitrogen functional groups attached to an aromatic ring is 1. The van der Waals surface area contributed by atoms with Crippen LogP contribution in [0.25, 0.3) is 33.2 Å². The van der Waals surface area contributed by atoms with Crippen molar-refractivity contribution in [2.75, 3.05) is 32.0 Å². The first-order valence-corrected chi connectivity index (χ1v) is 9.65. The smallest absolute Gasteiger partial charge is 0.146 e. The van der Waals surface area contributed by atoms with E-state index in [4.69, 9.17) is 10.5 Å². The van der Waals surface area contributed by atoms with E-state index in [0.717, 1.165) is 65.9 Å². The number of likely N-dealkylation sites (tertiary alicyclic amines) is 1. The summed E-state index contributed by atoms with van der Waals surface area (Å²) in [7, 11) is 0. The molecule has 6 heterocycles. The third-order valence-electron chi connectivity index (χ3n) is 5.85. The molecule has 2 aliphatic heterocycles. The van der Waals surface area contributed by atoms with Crippen LogP contribution in [0.4, 0.5) is 5.82 Å². The highest BCUT2D eigenvalue weighted by Gasteiger charge is 2.32. The summed E-state index contributed by atoms with van der Waals surface area (Å²) in [4.78, 5) is 19.0. The van der Waals surface area contributed by atoms with Gasteiger partial charge in [0.2, 0.25) is 0 Å². The molecule has 2 saturated heterocycles. The van der Waals surface area contributed by atoms with Crippen molar-refractivity contribution in [2.24, 2.45) is 0 Å². The van der Waals surface area contributed by atoms with Gasteiger partial charge in [-0.25, -0.2) is 15.0 Å². The number of fused-ring (bicyclic) bond motifs is 2. The number of nitrogens with two attached hydrogens (primary N) is 1. The molecular weight excluding hydrogens is 354 g/mol. The van der Waals surface area contributed by atoms with Crippen molar-refractivity contribution in [1.29, 1.82) is 0 Å². The molecule has 0 radical (unpaired) electrons. The molecule has 0 amide bonds. The fraction of sp³-hybridized carbons (Fsp3) is 0.350. The first-order chi connectivity index (χ1) is 13.8. The van der Waals surface area contributed by atoms with Crippen molar-refractivity contribution >= 4 is 27.9 Å². The minimum atomic E-state index is 0.369. The van der Waals surface area contributed by atoms with E-state index in [9.17, 15) is 0 Å². The van der Waals surface area contributed by atoms with Gasteiger partial charge in [-0.2, -0.15) is 0 Å². The number of nitrogens with zero attached hydrogens (tertiary/aromatic N) is 5. The van der Waals surface area contributed by atoms with Crippen LogP contribution >= 0.6 is 0 Å². The molecule has 0 aromatic carbocycles. The number of anilines is 1. The number of ether oxygens (including phenoxy) is 1. The van der Waals surface area contributed by atoms with Gasteiger partial charge in [0.15, 0.2) is 0 Å². The molecule has 0 saturated carbocycles. The summed E-state index contributed by atoms with van der Waals surface area (Å²) in [6.07, 6.45) is 9.03. The van der Waals surface area contributed by atoms with Crippen LogP contribution in [0.15, 0.2) is 37.1 Å². The molecule has 0 unspecified atom stereocenters. The lowest BCUT2D eigenvalue weighted by atomic mass is 10.1. The maximum atomic E-state index is 6.28. The molecule has 3 N–H and O–H groups in total. The lowest BCUT2D eigenvalue weighted by Crippen LogP contribution is -2.25. The van der Waals surface area contributed by atoms with Crippen LogP contribution in [0, 0.1) is 0 Å². The third kappa shape index (κ3) is 2.56. The number of nitrogens with one attached hydrogen (secondary N) is 1. The summed E-state index contributed by atoms with van der Waals surface area (Å²) in [6.45, 7) is 4.00. The van der Waals surface area contributed by atoms with E-state index in [0.29, 0.717) is 18.0 Å². The van der Waals surface area contributed by atoms with E-state index in [1.54, 1.807) is 6.33 Å². The number of aromatic nitrogens is 5. The highest BCUT2D eigenvalue weighted by Crippen LogP contribution is 2.36. The first-order valence-electron chi connectivity index (χ1n) is 9.65. The number of aromatic amines is 1. The molecule has 8 heteroatoms. The Morgan fingerprint density at radius 3 is 3.11 bits per heavy atom. The molecule has 4 aromatic rings.